The lowest BCUT2D eigenvalue weighted by molar-refractivity contribution is 0.0235. The Bertz CT molecular complexity index is 244. The number of amides is 1. The Labute approximate surface area is 98.3 Å². The van der Waals surface area contributed by atoms with E-state index >= 15 is 0 Å². The van der Waals surface area contributed by atoms with E-state index < -0.39 is 5.60 Å². The molecule has 1 amide bonds. The average Bonchev–Trinajstić information content (AvgIpc) is 2.93. The fourth-order valence-electron chi connectivity index (χ4n) is 1.28. The molecule has 1 N–H and O–H groups in total. The van der Waals surface area contributed by atoms with Gasteiger partial charge in [-0.25, -0.2) is 4.79 Å². The van der Waals surface area contributed by atoms with Crippen LogP contribution in [0.1, 0.15) is 40.5 Å². The molecular weight excluding hydrogens is 204 g/mol. The van der Waals surface area contributed by atoms with Gasteiger partial charge in [0, 0.05) is 25.7 Å². The fourth-order valence-corrected chi connectivity index (χ4v) is 1.28. The summed E-state index contributed by atoms with van der Waals surface area (Å²) in [6.45, 7) is 8.50. The lowest BCUT2D eigenvalue weighted by atomic mass is 10.2. The molecule has 1 atom stereocenters. The molecule has 16 heavy (non-hydrogen) atoms. The molecule has 1 saturated carbocycles. The highest BCUT2D eigenvalue weighted by atomic mass is 16.6. The Kier molecular flexibility index (Phi) is 4.19. The van der Waals surface area contributed by atoms with Gasteiger partial charge >= 0.3 is 6.09 Å². The van der Waals surface area contributed by atoms with Crippen molar-refractivity contribution in [1.29, 1.82) is 0 Å². The van der Waals surface area contributed by atoms with E-state index in [0.29, 0.717) is 6.04 Å². The Hall–Kier alpha value is -0.770. The van der Waals surface area contributed by atoms with Gasteiger partial charge in [0.2, 0.25) is 0 Å². The highest BCUT2D eigenvalue weighted by molar-refractivity contribution is 5.68. The molecule has 0 aromatic rings. The van der Waals surface area contributed by atoms with Crippen LogP contribution in [0.5, 0.6) is 0 Å². The summed E-state index contributed by atoms with van der Waals surface area (Å²) >= 11 is 0. The first-order chi connectivity index (χ1) is 7.29. The number of ether oxygens (including phenoxy) is 1. The van der Waals surface area contributed by atoms with Crippen LogP contribution in [0.3, 0.4) is 0 Å². The molecule has 0 aromatic carbocycles. The van der Waals surface area contributed by atoms with E-state index in [0.717, 1.165) is 6.54 Å². The number of likely N-dealkylation sites (N-methyl/N-ethyl adjacent to an activating group) is 1. The summed E-state index contributed by atoms with van der Waals surface area (Å²) in [6, 6.07) is 0.838. The van der Waals surface area contributed by atoms with E-state index in [1.54, 1.807) is 11.9 Å². The van der Waals surface area contributed by atoms with Crippen LogP contribution in [0.2, 0.25) is 0 Å². The lowest BCUT2D eigenvalue weighted by Crippen LogP contribution is -2.44. The summed E-state index contributed by atoms with van der Waals surface area (Å²) in [5.74, 6) is 0. The van der Waals surface area contributed by atoms with Crippen molar-refractivity contribution in [3.8, 4) is 0 Å². The highest BCUT2D eigenvalue weighted by Gasteiger charge is 2.25. The maximum atomic E-state index is 11.7. The van der Waals surface area contributed by atoms with Crippen molar-refractivity contribution in [3.63, 3.8) is 0 Å². The minimum Gasteiger partial charge on any atom is -0.444 e. The van der Waals surface area contributed by atoms with Gasteiger partial charge in [-0.3, -0.25) is 0 Å². The fraction of sp³-hybridized carbons (Fsp3) is 0.917. The van der Waals surface area contributed by atoms with Crippen LogP contribution in [0, 0.1) is 0 Å². The molecular formula is C12H24N2O2. The van der Waals surface area contributed by atoms with Gasteiger partial charge in [0.15, 0.2) is 0 Å². The van der Waals surface area contributed by atoms with E-state index in [2.05, 4.69) is 5.32 Å². The second kappa shape index (κ2) is 5.04. The average molecular weight is 228 g/mol. The first kappa shape index (κ1) is 13.3. The number of carbonyl (C=O) groups excluding carboxylic acids is 1. The van der Waals surface area contributed by atoms with Crippen molar-refractivity contribution in [2.45, 2.75) is 58.2 Å². The number of nitrogens with zero attached hydrogens (tertiary/aromatic N) is 1. The number of rotatable bonds is 4. The molecule has 1 fully saturated rings. The molecule has 0 aliphatic heterocycles. The molecule has 4 heteroatoms. The van der Waals surface area contributed by atoms with Crippen molar-refractivity contribution in [2.75, 3.05) is 13.6 Å². The van der Waals surface area contributed by atoms with Crippen LogP contribution in [-0.4, -0.2) is 42.3 Å². The SMILES string of the molecule is CC(CNC1CC1)N(C)C(=O)OC(C)(C)C. The molecule has 0 aromatic heterocycles. The summed E-state index contributed by atoms with van der Waals surface area (Å²) in [5, 5.41) is 3.41. The molecule has 1 aliphatic carbocycles. The van der Waals surface area contributed by atoms with E-state index in [1.165, 1.54) is 12.8 Å². The zero-order valence-corrected chi connectivity index (χ0v) is 11.0. The second-order valence-corrected chi connectivity index (χ2v) is 5.62. The highest BCUT2D eigenvalue weighted by Crippen LogP contribution is 2.18. The number of nitrogens with one attached hydrogen (secondary N) is 1. The Morgan fingerprint density at radius 2 is 2.06 bits per heavy atom. The van der Waals surface area contributed by atoms with Crippen molar-refractivity contribution in [3.05, 3.63) is 0 Å². The van der Waals surface area contributed by atoms with Gasteiger partial charge in [-0.1, -0.05) is 0 Å². The predicted molar refractivity (Wildman–Crippen MR) is 64.5 cm³/mol. The monoisotopic (exact) mass is 228 g/mol. The van der Waals surface area contributed by atoms with Gasteiger partial charge < -0.3 is 15.0 Å². The second-order valence-electron chi connectivity index (χ2n) is 5.62. The van der Waals surface area contributed by atoms with E-state index in [9.17, 15) is 4.79 Å². The minimum absolute atomic E-state index is 0.162. The standard InChI is InChI=1S/C12H24N2O2/c1-9(8-13-10-6-7-10)14(5)11(15)16-12(2,3)4/h9-10,13H,6-8H2,1-5H3. The number of hydrogen-bond acceptors (Lipinski definition) is 3. The van der Waals surface area contributed by atoms with Crippen LogP contribution in [0.15, 0.2) is 0 Å². The van der Waals surface area contributed by atoms with E-state index in [1.807, 2.05) is 27.7 Å². The molecule has 0 saturated heterocycles. The van der Waals surface area contributed by atoms with Crippen molar-refractivity contribution >= 4 is 6.09 Å². The van der Waals surface area contributed by atoms with Gasteiger partial charge in [0.25, 0.3) is 0 Å². The molecule has 0 spiro atoms. The van der Waals surface area contributed by atoms with E-state index in [4.69, 9.17) is 4.74 Å². The van der Waals surface area contributed by atoms with Crippen molar-refractivity contribution in [1.82, 2.24) is 10.2 Å². The van der Waals surface area contributed by atoms with Crippen LogP contribution in [0.25, 0.3) is 0 Å². The zero-order valence-electron chi connectivity index (χ0n) is 11.0. The first-order valence-corrected chi connectivity index (χ1v) is 5.99. The molecule has 1 rings (SSSR count). The van der Waals surface area contributed by atoms with E-state index in [-0.39, 0.29) is 12.1 Å². The summed E-state index contributed by atoms with van der Waals surface area (Å²) in [6.07, 6.45) is 2.28. The first-order valence-electron chi connectivity index (χ1n) is 5.99. The predicted octanol–water partition coefficient (Wildman–Crippen LogP) is 1.99. The minimum atomic E-state index is -0.422. The maximum absolute atomic E-state index is 11.7. The topological polar surface area (TPSA) is 41.6 Å². The largest absolute Gasteiger partial charge is 0.444 e. The molecule has 0 heterocycles. The maximum Gasteiger partial charge on any atom is 0.410 e. The van der Waals surface area contributed by atoms with Gasteiger partial charge in [-0.15, -0.1) is 0 Å². The third-order valence-electron chi connectivity index (χ3n) is 2.62. The molecule has 0 radical (unpaired) electrons. The van der Waals surface area contributed by atoms with Crippen LogP contribution < -0.4 is 5.32 Å². The van der Waals surface area contributed by atoms with Crippen molar-refractivity contribution in [2.24, 2.45) is 0 Å². The molecule has 1 unspecified atom stereocenters. The van der Waals surface area contributed by atoms with Gasteiger partial charge in [0.1, 0.15) is 5.60 Å². The van der Waals surface area contributed by atoms with Gasteiger partial charge in [-0.05, 0) is 40.5 Å². The quantitative estimate of drug-likeness (QED) is 0.800. The molecule has 4 nitrogen and oxygen atoms in total. The summed E-state index contributed by atoms with van der Waals surface area (Å²) < 4.78 is 5.30. The molecule has 0 bridgehead atoms. The zero-order chi connectivity index (χ0) is 12.3. The van der Waals surface area contributed by atoms with Crippen molar-refractivity contribution < 1.29 is 9.53 Å². The lowest BCUT2D eigenvalue weighted by Gasteiger charge is -2.28. The Balaban J connectivity index is 2.29. The summed E-state index contributed by atoms with van der Waals surface area (Å²) in [4.78, 5) is 13.4. The molecule has 1 aliphatic rings. The van der Waals surface area contributed by atoms with Crippen LogP contribution in [-0.2, 0) is 4.74 Å². The Morgan fingerprint density at radius 1 is 1.50 bits per heavy atom. The third-order valence-corrected chi connectivity index (χ3v) is 2.62. The third kappa shape index (κ3) is 4.84. The van der Waals surface area contributed by atoms with Gasteiger partial charge in [0.05, 0.1) is 0 Å². The smallest absolute Gasteiger partial charge is 0.410 e. The van der Waals surface area contributed by atoms with Gasteiger partial charge in [-0.2, -0.15) is 0 Å². The summed E-state index contributed by atoms with van der Waals surface area (Å²) in [7, 11) is 1.79. The molecule has 94 valence electrons. The normalized spacial score (nSPS) is 18.1. The van der Waals surface area contributed by atoms with Crippen LogP contribution >= 0.6 is 0 Å². The number of hydrogen-bond donors (Lipinski definition) is 1. The van der Waals surface area contributed by atoms with Crippen LogP contribution in [0.4, 0.5) is 4.79 Å². The Morgan fingerprint density at radius 3 is 2.50 bits per heavy atom. The summed E-state index contributed by atoms with van der Waals surface area (Å²) in [5.41, 5.74) is -0.422. The number of carbonyl (C=O) groups is 1.